The van der Waals surface area contributed by atoms with Crippen molar-refractivity contribution in [3.63, 3.8) is 0 Å². The maximum absolute atomic E-state index is 12.3. The van der Waals surface area contributed by atoms with Crippen LogP contribution in [-0.2, 0) is 16.1 Å². The Morgan fingerprint density at radius 3 is 3.04 bits per heavy atom. The van der Waals surface area contributed by atoms with E-state index in [1.807, 2.05) is 13.0 Å². The van der Waals surface area contributed by atoms with Gasteiger partial charge in [-0.05, 0) is 25.5 Å². The first-order valence-electron chi connectivity index (χ1n) is 7.60. The molecule has 1 aliphatic heterocycles. The van der Waals surface area contributed by atoms with E-state index in [2.05, 4.69) is 25.7 Å². The predicted molar refractivity (Wildman–Crippen MR) is 83.8 cm³/mol. The number of hydrogen-bond acceptors (Lipinski definition) is 6. The molecular formula is C15H20N6O2. The first-order valence-corrected chi connectivity index (χ1v) is 7.60. The molecule has 2 atom stereocenters. The molecule has 1 aliphatic rings. The molecule has 122 valence electrons. The number of carbonyl (C=O) groups is 1. The van der Waals surface area contributed by atoms with Gasteiger partial charge in [0.2, 0.25) is 5.91 Å². The van der Waals surface area contributed by atoms with Crippen molar-refractivity contribution in [2.75, 3.05) is 18.5 Å². The first kappa shape index (κ1) is 15.4. The number of nitrogens with one attached hydrogen (secondary N) is 2. The van der Waals surface area contributed by atoms with E-state index in [1.54, 1.807) is 23.1 Å². The standard InChI is InChI=1S/C15H20N6O2/c1-11-2-6-18-21(11)8-15(22)20-12-4-7-23-9-13(12)19-14-3-5-16-10-17-14/h2-3,5-6,10,12-13H,4,7-9H2,1H3,(H,20,22)(H,16,17,19)/t12-,13+/m0/s1. The van der Waals surface area contributed by atoms with E-state index < -0.39 is 0 Å². The third kappa shape index (κ3) is 4.04. The zero-order valence-corrected chi connectivity index (χ0v) is 13.0. The Kier molecular flexibility index (Phi) is 4.82. The highest BCUT2D eigenvalue weighted by molar-refractivity contribution is 5.76. The molecule has 2 aromatic rings. The quantitative estimate of drug-likeness (QED) is 0.827. The first-order chi connectivity index (χ1) is 11.2. The fraction of sp³-hybridized carbons (Fsp3) is 0.467. The van der Waals surface area contributed by atoms with Crippen molar-refractivity contribution >= 4 is 11.7 Å². The zero-order chi connectivity index (χ0) is 16.1. The highest BCUT2D eigenvalue weighted by atomic mass is 16.5. The lowest BCUT2D eigenvalue weighted by molar-refractivity contribution is -0.123. The number of anilines is 1. The summed E-state index contributed by atoms with van der Waals surface area (Å²) < 4.78 is 7.20. The molecule has 3 rings (SSSR count). The molecular weight excluding hydrogens is 296 g/mol. The van der Waals surface area contributed by atoms with Crippen LogP contribution in [0.1, 0.15) is 12.1 Å². The van der Waals surface area contributed by atoms with Gasteiger partial charge in [0.1, 0.15) is 18.7 Å². The van der Waals surface area contributed by atoms with Crippen LogP contribution in [0.5, 0.6) is 0 Å². The van der Waals surface area contributed by atoms with Crippen molar-refractivity contribution in [1.29, 1.82) is 0 Å². The Morgan fingerprint density at radius 2 is 2.30 bits per heavy atom. The Morgan fingerprint density at radius 1 is 1.39 bits per heavy atom. The molecule has 0 spiro atoms. The second-order valence-corrected chi connectivity index (χ2v) is 5.51. The Hall–Kier alpha value is -2.48. The fourth-order valence-corrected chi connectivity index (χ4v) is 2.57. The maximum Gasteiger partial charge on any atom is 0.242 e. The van der Waals surface area contributed by atoms with Gasteiger partial charge in [-0.3, -0.25) is 9.48 Å². The SMILES string of the molecule is Cc1ccnn1CC(=O)N[C@H]1CCOC[C@H]1Nc1ccncn1. The summed E-state index contributed by atoms with van der Waals surface area (Å²) in [6.45, 7) is 3.30. The summed E-state index contributed by atoms with van der Waals surface area (Å²) in [6.07, 6.45) is 5.61. The van der Waals surface area contributed by atoms with Crippen LogP contribution in [-0.4, -0.2) is 51.0 Å². The maximum atomic E-state index is 12.3. The zero-order valence-electron chi connectivity index (χ0n) is 13.0. The number of amides is 1. The van der Waals surface area contributed by atoms with Gasteiger partial charge < -0.3 is 15.4 Å². The minimum atomic E-state index is -0.0572. The van der Waals surface area contributed by atoms with E-state index >= 15 is 0 Å². The van der Waals surface area contributed by atoms with Crippen LogP contribution in [0.15, 0.2) is 30.9 Å². The summed E-state index contributed by atoms with van der Waals surface area (Å²) in [5.41, 5.74) is 0.961. The molecule has 1 saturated heterocycles. The van der Waals surface area contributed by atoms with E-state index in [4.69, 9.17) is 4.74 Å². The molecule has 1 amide bonds. The lowest BCUT2D eigenvalue weighted by atomic mass is 10.0. The highest BCUT2D eigenvalue weighted by Crippen LogP contribution is 2.13. The van der Waals surface area contributed by atoms with E-state index in [-0.39, 0.29) is 24.5 Å². The molecule has 0 aromatic carbocycles. The van der Waals surface area contributed by atoms with Gasteiger partial charge in [0.15, 0.2) is 0 Å². The minimum Gasteiger partial charge on any atom is -0.379 e. The summed E-state index contributed by atoms with van der Waals surface area (Å²) in [4.78, 5) is 20.3. The van der Waals surface area contributed by atoms with Gasteiger partial charge >= 0.3 is 0 Å². The second-order valence-electron chi connectivity index (χ2n) is 5.51. The van der Waals surface area contributed by atoms with Crippen LogP contribution in [0.25, 0.3) is 0 Å². The van der Waals surface area contributed by atoms with Crippen molar-refractivity contribution < 1.29 is 9.53 Å². The van der Waals surface area contributed by atoms with Crippen molar-refractivity contribution in [3.05, 3.63) is 36.5 Å². The second kappa shape index (κ2) is 7.19. The molecule has 2 aromatic heterocycles. The van der Waals surface area contributed by atoms with Gasteiger partial charge in [-0.25, -0.2) is 9.97 Å². The highest BCUT2D eigenvalue weighted by Gasteiger charge is 2.27. The summed E-state index contributed by atoms with van der Waals surface area (Å²) in [6, 6.07) is 3.63. The van der Waals surface area contributed by atoms with Crippen molar-refractivity contribution in [1.82, 2.24) is 25.1 Å². The van der Waals surface area contributed by atoms with Crippen LogP contribution < -0.4 is 10.6 Å². The molecule has 1 fully saturated rings. The molecule has 0 unspecified atom stereocenters. The lowest BCUT2D eigenvalue weighted by Crippen LogP contribution is -2.53. The normalized spacial score (nSPS) is 20.9. The average Bonchev–Trinajstić information content (AvgIpc) is 2.95. The average molecular weight is 316 g/mol. The molecule has 23 heavy (non-hydrogen) atoms. The number of ether oxygens (including phenoxy) is 1. The number of aromatic nitrogens is 4. The van der Waals surface area contributed by atoms with Gasteiger partial charge in [0, 0.05) is 24.7 Å². The van der Waals surface area contributed by atoms with Crippen molar-refractivity contribution in [2.24, 2.45) is 0 Å². The fourth-order valence-electron chi connectivity index (χ4n) is 2.57. The molecule has 0 radical (unpaired) electrons. The predicted octanol–water partition coefficient (Wildman–Crippen LogP) is 0.367. The van der Waals surface area contributed by atoms with Gasteiger partial charge in [-0.2, -0.15) is 5.10 Å². The number of rotatable bonds is 5. The van der Waals surface area contributed by atoms with E-state index in [9.17, 15) is 4.79 Å². The smallest absolute Gasteiger partial charge is 0.242 e. The summed E-state index contributed by atoms with van der Waals surface area (Å²) in [5.74, 6) is 0.663. The molecule has 8 heteroatoms. The Bertz CT molecular complexity index is 644. The molecule has 0 saturated carbocycles. The number of hydrogen-bond donors (Lipinski definition) is 2. The molecule has 8 nitrogen and oxygen atoms in total. The van der Waals surface area contributed by atoms with Crippen LogP contribution in [0, 0.1) is 6.92 Å². The van der Waals surface area contributed by atoms with Gasteiger partial charge in [0.05, 0.1) is 18.7 Å². The van der Waals surface area contributed by atoms with Gasteiger partial charge in [0.25, 0.3) is 0 Å². The summed E-state index contributed by atoms with van der Waals surface area (Å²) in [5, 5.41) is 10.5. The monoisotopic (exact) mass is 316 g/mol. The lowest BCUT2D eigenvalue weighted by Gasteiger charge is -2.33. The Labute approximate surface area is 134 Å². The van der Waals surface area contributed by atoms with Crippen LogP contribution in [0.4, 0.5) is 5.82 Å². The van der Waals surface area contributed by atoms with Crippen LogP contribution >= 0.6 is 0 Å². The third-order valence-electron chi connectivity index (χ3n) is 3.84. The van der Waals surface area contributed by atoms with E-state index in [0.717, 1.165) is 17.9 Å². The van der Waals surface area contributed by atoms with Crippen molar-refractivity contribution in [3.8, 4) is 0 Å². The topological polar surface area (TPSA) is 94.0 Å². The van der Waals surface area contributed by atoms with Gasteiger partial charge in [-0.15, -0.1) is 0 Å². The largest absolute Gasteiger partial charge is 0.379 e. The molecule has 0 aliphatic carbocycles. The van der Waals surface area contributed by atoms with E-state index in [1.165, 1.54) is 6.33 Å². The minimum absolute atomic E-state index is 0.0120. The van der Waals surface area contributed by atoms with Gasteiger partial charge in [-0.1, -0.05) is 0 Å². The molecule has 3 heterocycles. The number of nitrogens with zero attached hydrogens (tertiary/aromatic N) is 4. The number of aryl methyl sites for hydroxylation is 1. The third-order valence-corrected chi connectivity index (χ3v) is 3.84. The van der Waals surface area contributed by atoms with Crippen LogP contribution in [0.3, 0.4) is 0 Å². The number of carbonyl (C=O) groups excluding carboxylic acids is 1. The van der Waals surface area contributed by atoms with Crippen molar-refractivity contribution in [2.45, 2.75) is 32.0 Å². The Balaban J connectivity index is 1.60. The van der Waals surface area contributed by atoms with E-state index in [0.29, 0.717) is 13.2 Å². The summed E-state index contributed by atoms with van der Waals surface area (Å²) in [7, 11) is 0. The van der Waals surface area contributed by atoms with Crippen LogP contribution in [0.2, 0.25) is 0 Å². The molecule has 2 N–H and O–H groups in total. The summed E-state index contributed by atoms with van der Waals surface area (Å²) >= 11 is 0. The molecule has 0 bridgehead atoms.